The van der Waals surface area contributed by atoms with Crippen LogP contribution in [0.5, 0.6) is 0 Å². The number of hydrogen-bond donors (Lipinski definition) is 2. The first-order valence-electron chi connectivity index (χ1n) is 9.83. The summed E-state index contributed by atoms with van der Waals surface area (Å²) >= 11 is 0. The topological polar surface area (TPSA) is 105 Å². The van der Waals surface area contributed by atoms with E-state index < -0.39 is 29.5 Å². The first kappa shape index (κ1) is 22.9. The maximum absolute atomic E-state index is 12.2. The Morgan fingerprint density at radius 3 is 2.33 bits per heavy atom. The summed E-state index contributed by atoms with van der Waals surface area (Å²) in [6.45, 7) is 5.42. The number of carbonyl (C=O) groups excluding carboxylic acids is 2. The number of hydrogen-bond acceptors (Lipinski definition) is 7. The second-order valence-corrected chi connectivity index (χ2v) is 6.68. The molecule has 0 fully saturated rings. The molecule has 1 aromatic rings. The number of dihydropyridines is 1. The fourth-order valence-corrected chi connectivity index (χ4v) is 3.13. The number of aliphatic hydroxyl groups excluding tert-OH is 2. The number of esters is 2. The van der Waals surface area contributed by atoms with Crippen LogP contribution in [0.3, 0.4) is 0 Å². The molecule has 7 heteroatoms. The maximum Gasteiger partial charge on any atom is 0.373 e. The molecular formula is C23H27NO6. The van der Waals surface area contributed by atoms with E-state index in [2.05, 4.69) is 4.99 Å². The molecule has 1 aromatic carbocycles. The van der Waals surface area contributed by atoms with E-state index in [1.807, 2.05) is 37.3 Å². The van der Waals surface area contributed by atoms with E-state index in [4.69, 9.17) is 9.47 Å². The van der Waals surface area contributed by atoms with Crippen molar-refractivity contribution < 1.29 is 29.3 Å². The lowest BCUT2D eigenvalue weighted by Gasteiger charge is -2.26. The van der Waals surface area contributed by atoms with Gasteiger partial charge in [0.25, 0.3) is 0 Å². The summed E-state index contributed by atoms with van der Waals surface area (Å²) in [5.41, 5.74) is 1.98. The number of benzene rings is 1. The molecule has 0 saturated heterocycles. The Labute approximate surface area is 176 Å². The molecule has 0 spiro atoms. The number of aliphatic imine (C=N–C) groups is 1. The third kappa shape index (κ3) is 5.83. The molecular weight excluding hydrogens is 386 g/mol. The molecule has 1 aliphatic rings. The highest BCUT2D eigenvalue weighted by Crippen LogP contribution is 2.32. The summed E-state index contributed by atoms with van der Waals surface area (Å²) in [6.07, 6.45) is 4.85. The van der Waals surface area contributed by atoms with Crippen LogP contribution in [0.1, 0.15) is 26.3 Å². The molecule has 0 amide bonds. The van der Waals surface area contributed by atoms with Crippen LogP contribution in [0.15, 0.2) is 70.1 Å². The minimum absolute atomic E-state index is 0.135. The predicted octanol–water partition coefficient (Wildman–Crippen LogP) is 3.62. The highest BCUT2D eigenvalue weighted by molar-refractivity contribution is 5.89. The Balaban J connectivity index is 2.40. The fraction of sp³-hybridized carbons (Fsp3) is 0.348. The minimum Gasteiger partial charge on any atom is -0.502 e. The van der Waals surface area contributed by atoms with Crippen molar-refractivity contribution in [1.82, 2.24) is 0 Å². The van der Waals surface area contributed by atoms with E-state index in [0.717, 1.165) is 5.56 Å². The normalized spacial score (nSPS) is 19.6. The van der Waals surface area contributed by atoms with E-state index >= 15 is 0 Å². The smallest absolute Gasteiger partial charge is 0.373 e. The van der Waals surface area contributed by atoms with Crippen LogP contribution in [0, 0.1) is 5.92 Å². The molecule has 2 unspecified atom stereocenters. The van der Waals surface area contributed by atoms with Crippen molar-refractivity contribution in [3.05, 3.63) is 70.7 Å². The quantitative estimate of drug-likeness (QED) is 0.383. The molecule has 1 aliphatic heterocycles. The van der Waals surface area contributed by atoms with Crippen molar-refractivity contribution in [3.63, 3.8) is 0 Å². The van der Waals surface area contributed by atoms with Crippen molar-refractivity contribution in [3.8, 4) is 0 Å². The van der Waals surface area contributed by atoms with Crippen molar-refractivity contribution in [2.24, 2.45) is 10.9 Å². The molecule has 0 aromatic heterocycles. The second kappa shape index (κ2) is 11.0. The Morgan fingerprint density at radius 2 is 1.70 bits per heavy atom. The zero-order valence-corrected chi connectivity index (χ0v) is 17.4. The van der Waals surface area contributed by atoms with Gasteiger partial charge in [0.1, 0.15) is 0 Å². The van der Waals surface area contributed by atoms with Crippen LogP contribution in [-0.4, -0.2) is 47.6 Å². The van der Waals surface area contributed by atoms with Crippen molar-refractivity contribution >= 4 is 18.2 Å². The Bertz CT molecular complexity index is 882. The lowest BCUT2D eigenvalue weighted by molar-refractivity contribution is -0.142. The third-order valence-corrected chi connectivity index (χ3v) is 4.66. The van der Waals surface area contributed by atoms with Crippen molar-refractivity contribution in [1.29, 1.82) is 0 Å². The summed E-state index contributed by atoms with van der Waals surface area (Å²) in [4.78, 5) is 28.3. The van der Waals surface area contributed by atoms with Gasteiger partial charge in [0, 0.05) is 24.1 Å². The predicted molar refractivity (Wildman–Crippen MR) is 113 cm³/mol. The first-order chi connectivity index (χ1) is 14.4. The highest BCUT2D eigenvalue weighted by Gasteiger charge is 2.28. The maximum atomic E-state index is 12.2. The summed E-state index contributed by atoms with van der Waals surface area (Å²) in [7, 11) is 0. The van der Waals surface area contributed by atoms with Gasteiger partial charge in [-0.15, -0.1) is 0 Å². The largest absolute Gasteiger partial charge is 0.502 e. The van der Waals surface area contributed by atoms with Crippen molar-refractivity contribution in [2.75, 3.05) is 13.2 Å². The minimum atomic E-state index is -0.828. The highest BCUT2D eigenvalue weighted by atomic mass is 16.5. The van der Waals surface area contributed by atoms with E-state index in [0.29, 0.717) is 17.6 Å². The average molecular weight is 413 g/mol. The lowest BCUT2D eigenvalue weighted by atomic mass is 9.83. The molecule has 2 rings (SSSR count). The number of allylic oxidation sites excluding steroid dienone is 2. The molecule has 7 nitrogen and oxygen atoms in total. The molecule has 0 saturated carbocycles. The van der Waals surface area contributed by atoms with E-state index in [1.165, 1.54) is 12.3 Å². The monoisotopic (exact) mass is 413 g/mol. The zero-order chi connectivity index (χ0) is 22.1. The molecule has 0 aliphatic carbocycles. The number of aliphatic hydroxyl groups is 2. The van der Waals surface area contributed by atoms with Gasteiger partial charge in [0.05, 0.1) is 19.3 Å². The Kier molecular flexibility index (Phi) is 8.41. The Morgan fingerprint density at radius 1 is 1.07 bits per heavy atom. The van der Waals surface area contributed by atoms with Gasteiger partial charge in [-0.1, -0.05) is 37.3 Å². The molecule has 0 radical (unpaired) electrons. The number of ether oxygens (including phenoxy) is 2. The number of carbonyl (C=O) groups is 2. The summed E-state index contributed by atoms with van der Waals surface area (Å²) in [5, 5.41) is 20.7. The van der Waals surface area contributed by atoms with Gasteiger partial charge >= 0.3 is 11.9 Å². The lowest BCUT2D eigenvalue weighted by Crippen LogP contribution is -2.24. The number of rotatable bonds is 8. The molecule has 2 N–H and O–H groups in total. The van der Waals surface area contributed by atoms with E-state index in [9.17, 15) is 19.8 Å². The van der Waals surface area contributed by atoms with Gasteiger partial charge in [0.2, 0.25) is 5.76 Å². The number of nitrogens with zero attached hydrogens (tertiary/aromatic N) is 1. The molecule has 2 atom stereocenters. The van der Waals surface area contributed by atoms with Crippen LogP contribution in [0.2, 0.25) is 0 Å². The SMILES string of the molecule is CCOC(=O)C(O)=CC1N=CC=C(C(Cc2ccccc2)=C(O)C(=O)OCC)C1C. The van der Waals surface area contributed by atoms with Gasteiger partial charge in [-0.25, -0.2) is 9.59 Å². The molecule has 160 valence electrons. The summed E-state index contributed by atoms with van der Waals surface area (Å²) in [6, 6.07) is 8.84. The van der Waals surface area contributed by atoms with Crippen molar-refractivity contribution in [2.45, 2.75) is 33.2 Å². The fourth-order valence-electron chi connectivity index (χ4n) is 3.13. The van der Waals surface area contributed by atoms with E-state index in [1.54, 1.807) is 19.9 Å². The molecule has 30 heavy (non-hydrogen) atoms. The summed E-state index contributed by atoms with van der Waals surface area (Å²) < 4.78 is 9.77. The standard InChI is InChI=1S/C23H27NO6/c1-4-29-22(27)20(25)14-19-15(3)17(11-12-24-19)18(21(26)23(28)30-5-2)13-16-9-7-6-8-10-16/h6-12,14-15,19,25-26H,4-5,13H2,1-3H3. The van der Waals surface area contributed by atoms with Crippen LogP contribution in [-0.2, 0) is 25.5 Å². The zero-order valence-electron chi connectivity index (χ0n) is 17.4. The molecule has 1 heterocycles. The average Bonchev–Trinajstić information content (AvgIpc) is 2.74. The van der Waals surface area contributed by atoms with Gasteiger partial charge in [-0.2, -0.15) is 0 Å². The molecule has 0 bridgehead atoms. The van der Waals surface area contributed by atoms with Gasteiger partial charge < -0.3 is 19.7 Å². The van der Waals surface area contributed by atoms with Crippen LogP contribution >= 0.6 is 0 Å². The van der Waals surface area contributed by atoms with Gasteiger partial charge in [0.15, 0.2) is 5.76 Å². The van der Waals surface area contributed by atoms with Gasteiger partial charge in [-0.05, 0) is 37.1 Å². The Hall–Kier alpha value is -3.35. The van der Waals surface area contributed by atoms with Gasteiger partial charge in [-0.3, -0.25) is 4.99 Å². The van der Waals surface area contributed by atoms with E-state index in [-0.39, 0.29) is 19.1 Å². The first-order valence-corrected chi connectivity index (χ1v) is 9.83. The summed E-state index contributed by atoms with van der Waals surface area (Å²) in [5.74, 6) is -2.96. The van der Waals surface area contributed by atoms with Crippen LogP contribution in [0.4, 0.5) is 0 Å². The van der Waals surface area contributed by atoms with Crippen LogP contribution in [0.25, 0.3) is 0 Å². The third-order valence-electron chi connectivity index (χ3n) is 4.66. The van der Waals surface area contributed by atoms with Crippen LogP contribution < -0.4 is 0 Å². The second-order valence-electron chi connectivity index (χ2n) is 6.68.